The number of carbonyl (C=O) groups excluding carboxylic acids is 2. The number of fused-ring (bicyclic) bond motifs is 1. The SMILES string of the molecule is CCCCNC(=O)C(=O)Nc1c2c(nn1-c1ccc(C)cc1)CS(=O)(=O)C2. The monoisotopic (exact) mass is 390 g/mol. The summed E-state index contributed by atoms with van der Waals surface area (Å²) in [6.45, 7) is 4.34. The minimum atomic E-state index is -3.29. The third-order valence-electron chi connectivity index (χ3n) is 4.32. The number of unbranched alkanes of at least 4 members (excludes halogenated alkanes) is 1. The van der Waals surface area contributed by atoms with Gasteiger partial charge in [0.05, 0.1) is 22.9 Å². The van der Waals surface area contributed by atoms with Crippen LogP contribution in [0.5, 0.6) is 0 Å². The van der Waals surface area contributed by atoms with Crippen LogP contribution in [0.3, 0.4) is 0 Å². The van der Waals surface area contributed by atoms with Gasteiger partial charge in [0.25, 0.3) is 0 Å². The quantitative estimate of drug-likeness (QED) is 0.593. The molecule has 8 nitrogen and oxygen atoms in total. The van der Waals surface area contributed by atoms with Crippen molar-refractivity contribution in [3.8, 4) is 5.69 Å². The number of carbonyl (C=O) groups is 2. The van der Waals surface area contributed by atoms with Crippen molar-refractivity contribution in [1.82, 2.24) is 15.1 Å². The highest BCUT2D eigenvalue weighted by Crippen LogP contribution is 2.32. The van der Waals surface area contributed by atoms with Gasteiger partial charge in [-0.05, 0) is 25.5 Å². The molecule has 0 radical (unpaired) electrons. The van der Waals surface area contributed by atoms with Crippen LogP contribution in [0.25, 0.3) is 5.69 Å². The minimum Gasteiger partial charge on any atom is -0.348 e. The van der Waals surface area contributed by atoms with Crippen molar-refractivity contribution in [1.29, 1.82) is 0 Å². The van der Waals surface area contributed by atoms with Gasteiger partial charge in [0, 0.05) is 12.1 Å². The van der Waals surface area contributed by atoms with Gasteiger partial charge in [0.15, 0.2) is 9.84 Å². The number of nitrogens with zero attached hydrogens (tertiary/aromatic N) is 2. The first-order chi connectivity index (χ1) is 12.8. The van der Waals surface area contributed by atoms with Crippen LogP contribution in [0.1, 0.15) is 36.6 Å². The van der Waals surface area contributed by atoms with Crippen molar-refractivity contribution in [2.45, 2.75) is 38.2 Å². The fraction of sp³-hybridized carbons (Fsp3) is 0.389. The zero-order valence-electron chi connectivity index (χ0n) is 15.3. The third-order valence-corrected chi connectivity index (χ3v) is 5.76. The van der Waals surface area contributed by atoms with Gasteiger partial charge in [-0.15, -0.1) is 0 Å². The summed E-state index contributed by atoms with van der Waals surface area (Å²) in [4.78, 5) is 24.3. The topological polar surface area (TPSA) is 110 Å². The molecule has 9 heteroatoms. The molecule has 0 saturated heterocycles. The van der Waals surface area contributed by atoms with E-state index in [9.17, 15) is 18.0 Å². The maximum atomic E-state index is 12.3. The maximum absolute atomic E-state index is 12.3. The highest BCUT2D eigenvalue weighted by Gasteiger charge is 2.33. The van der Waals surface area contributed by atoms with Gasteiger partial charge >= 0.3 is 11.8 Å². The molecular formula is C18H22N4O4S. The van der Waals surface area contributed by atoms with Gasteiger partial charge in [-0.25, -0.2) is 13.1 Å². The van der Waals surface area contributed by atoms with Crippen LogP contribution in [0.4, 0.5) is 5.82 Å². The largest absolute Gasteiger partial charge is 0.348 e. The second-order valence-corrected chi connectivity index (χ2v) is 8.68. The Balaban J connectivity index is 1.92. The number of aryl methyl sites for hydroxylation is 1. The Labute approximate surface area is 157 Å². The lowest BCUT2D eigenvalue weighted by Crippen LogP contribution is -2.36. The van der Waals surface area contributed by atoms with E-state index in [0.29, 0.717) is 23.5 Å². The Kier molecular flexibility index (Phi) is 5.31. The van der Waals surface area contributed by atoms with E-state index in [2.05, 4.69) is 15.7 Å². The second-order valence-electron chi connectivity index (χ2n) is 6.62. The normalized spacial score (nSPS) is 14.6. The molecule has 27 heavy (non-hydrogen) atoms. The van der Waals surface area contributed by atoms with E-state index in [1.54, 1.807) is 0 Å². The van der Waals surface area contributed by atoms with Crippen LogP contribution in [-0.2, 0) is 30.9 Å². The molecule has 2 aromatic rings. The summed E-state index contributed by atoms with van der Waals surface area (Å²) in [6, 6.07) is 7.43. The molecule has 2 N–H and O–H groups in total. The molecule has 2 heterocycles. The molecule has 0 fully saturated rings. The number of rotatable bonds is 5. The molecule has 3 rings (SSSR count). The first kappa shape index (κ1) is 19.1. The summed E-state index contributed by atoms with van der Waals surface area (Å²) in [7, 11) is -3.29. The Hall–Kier alpha value is -2.68. The zero-order chi connectivity index (χ0) is 19.6. The maximum Gasteiger partial charge on any atom is 0.314 e. The molecule has 2 amide bonds. The van der Waals surface area contributed by atoms with Crippen molar-refractivity contribution in [3.63, 3.8) is 0 Å². The van der Waals surface area contributed by atoms with Crippen LogP contribution in [0.15, 0.2) is 24.3 Å². The van der Waals surface area contributed by atoms with Crippen LogP contribution < -0.4 is 10.6 Å². The van der Waals surface area contributed by atoms with Crippen LogP contribution in [0, 0.1) is 6.92 Å². The van der Waals surface area contributed by atoms with Gasteiger partial charge in [0.1, 0.15) is 5.82 Å². The third kappa shape index (κ3) is 4.19. The van der Waals surface area contributed by atoms with Crippen molar-refractivity contribution in [2.75, 3.05) is 11.9 Å². The number of nitrogens with one attached hydrogen (secondary N) is 2. The molecule has 0 bridgehead atoms. The summed E-state index contributed by atoms with van der Waals surface area (Å²) in [6.07, 6.45) is 1.67. The number of hydrogen-bond donors (Lipinski definition) is 2. The number of aromatic nitrogens is 2. The van der Waals surface area contributed by atoms with Crippen LogP contribution >= 0.6 is 0 Å². The molecular weight excluding hydrogens is 368 g/mol. The Morgan fingerprint density at radius 3 is 2.52 bits per heavy atom. The summed E-state index contributed by atoms with van der Waals surface area (Å²) in [5.74, 6) is -1.75. The average molecular weight is 390 g/mol. The summed E-state index contributed by atoms with van der Waals surface area (Å²) in [5, 5.41) is 9.47. The number of hydrogen-bond acceptors (Lipinski definition) is 5. The van der Waals surface area contributed by atoms with Gasteiger partial charge in [-0.1, -0.05) is 31.0 Å². The number of anilines is 1. The van der Waals surface area contributed by atoms with Gasteiger partial charge < -0.3 is 10.6 Å². The fourth-order valence-corrected chi connectivity index (χ4v) is 4.36. The van der Waals surface area contributed by atoms with E-state index >= 15 is 0 Å². The fourth-order valence-electron chi connectivity index (χ4n) is 2.87. The number of amides is 2. The first-order valence-corrected chi connectivity index (χ1v) is 10.6. The van der Waals surface area contributed by atoms with E-state index in [1.165, 1.54) is 4.68 Å². The second kappa shape index (κ2) is 7.51. The molecule has 144 valence electrons. The summed E-state index contributed by atoms with van der Waals surface area (Å²) in [5.41, 5.74) is 2.57. The summed E-state index contributed by atoms with van der Waals surface area (Å²) >= 11 is 0. The van der Waals surface area contributed by atoms with Crippen molar-refractivity contribution < 1.29 is 18.0 Å². The lowest BCUT2D eigenvalue weighted by Gasteiger charge is -2.11. The predicted octanol–water partition coefficient (Wildman–Crippen LogP) is 1.46. The van der Waals surface area contributed by atoms with Gasteiger partial charge in [-0.3, -0.25) is 9.59 Å². The zero-order valence-corrected chi connectivity index (χ0v) is 16.1. The molecule has 1 aromatic heterocycles. The summed E-state index contributed by atoms with van der Waals surface area (Å²) < 4.78 is 25.4. The van der Waals surface area contributed by atoms with Crippen molar-refractivity contribution in [3.05, 3.63) is 41.1 Å². The molecule has 0 saturated carbocycles. The molecule has 1 aromatic carbocycles. The number of benzene rings is 1. The van der Waals surface area contributed by atoms with Crippen LogP contribution in [0.2, 0.25) is 0 Å². The Bertz CT molecular complexity index is 978. The van der Waals surface area contributed by atoms with E-state index < -0.39 is 21.7 Å². The molecule has 1 aliphatic heterocycles. The van der Waals surface area contributed by atoms with Crippen LogP contribution in [-0.4, -0.2) is 36.6 Å². The van der Waals surface area contributed by atoms with E-state index in [4.69, 9.17) is 0 Å². The van der Waals surface area contributed by atoms with E-state index in [0.717, 1.165) is 18.4 Å². The predicted molar refractivity (Wildman–Crippen MR) is 101 cm³/mol. The average Bonchev–Trinajstić information content (AvgIpc) is 3.08. The lowest BCUT2D eigenvalue weighted by molar-refractivity contribution is -0.136. The standard InChI is InChI=1S/C18H22N4O4S/c1-3-4-9-19-17(23)18(24)20-16-14-10-27(25,26)11-15(14)21-22(16)13-7-5-12(2)6-8-13/h5-8H,3-4,9-11H2,1-2H3,(H,19,23)(H,20,24). The van der Waals surface area contributed by atoms with Crippen molar-refractivity contribution >= 4 is 27.5 Å². The highest BCUT2D eigenvalue weighted by atomic mass is 32.2. The highest BCUT2D eigenvalue weighted by molar-refractivity contribution is 7.90. The van der Waals surface area contributed by atoms with Gasteiger partial charge in [-0.2, -0.15) is 5.10 Å². The van der Waals surface area contributed by atoms with E-state index in [1.807, 2.05) is 38.1 Å². The Morgan fingerprint density at radius 1 is 1.15 bits per heavy atom. The number of sulfone groups is 1. The Morgan fingerprint density at radius 2 is 1.85 bits per heavy atom. The van der Waals surface area contributed by atoms with Gasteiger partial charge in [0.2, 0.25) is 0 Å². The molecule has 0 spiro atoms. The lowest BCUT2D eigenvalue weighted by atomic mass is 10.2. The van der Waals surface area contributed by atoms with Crippen molar-refractivity contribution in [2.24, 2.45) is 0 Å². The first-order valence-electron chi connectivity index (χ1n) is 8.78. The molecule has 1 aliphatic rings. The smallest absolute Gasteiger partial charge is 0.314 e. The molecule has 0 aliphatic carbocycles. The molecule has 0 unspecified atom stereocenters. The minimum absolute atomic E-state index is 0.174. The van der Waals surface area contributed by atoms with E-state index in [-0.39, 0.29) is 17.3 Å². The molecule has 0 atom stereocenters.